The maximum Gasteiger partial charge on any atom is 0.161 e. The largest absolute Gasteiger partial charge is 0.482 e. The van der Waals surface area contributed by atoms with E-state index in [2.05, 4.69) is 43.0 Å². The van der Waals surface area contributed by atoms with Gasteiger partial charge in [0.15, 0.2) is 5.75 Å². The van der Waals surface area contributed by atoms with Gasteiger partial charge in [-0.1, -0.05) is 27.7 Å². The van der Waals surface area contributed by atoms with E-state index in [4.69, 9.17) is 9.15 Å². The smallest absolute Gasteiger partial charge is 0.161 e. The predicted octanol–water partition coefficient (Wildman–Crippen LogP) is 3.27. The number of aromatic nitrogens is 2. The van der Waals surface area contributed by atoms with Crippen LogP contribution >= 0.6 is 0 Å². The molecule has 0 aliphatic heterocycles. The number of nitrogens with zero attached hydrogens (tertiary/aromatic N) is 2. The van der Waals surface area contributed by atoms with E-state index >= 15 is 0 Å². The van der Waals surface area contributed by atoms with E-state index < -0.39 is 0 Å². The molecule has 5 heteroatoms. The lowest BCUT2D eigenvalue weighted by Gasteiger charge is -2.14. The van der Waals surface area contributed by atoms with Crippen molar-refractivity contribution in [1.82, 2.24) is 15.3 Å². The Morgan fingerprint density at radius 1 is 1.29 bits per heavy atom. The standard InChI is InChI=1S/C16H23N3O2/c1-11(2)16-18-9-15(14(19-16)8-17-12(3)4)21-10-13-6-5-7-20-13/h5-7,9,11-12,17H,8,10H2,1-4H3. The summed E-state index contributed by atoms with van der Waals surface area (Å²) in [5, 5.41) is 3.37. The lowest BCUT2D eigenvalue weighted by atomic mass is 10.2. The minimum Gasteiger partial charge on any atom is -0.482 e. The van der Waals surface area contributed by atoms with E-state index in [-0.39, 0.29) is 0 Å². The molecule has 0 saturated heterocycles. The number of furan rings is 1. The molecule has 0 unspecified atom stereocenters. The number of rotatable bonds is 7. The molecule has 0 atom stereocenters. The summed E-state index contributed by atoms with van der Waals surface area (Å²) in [5.41, 5.74) is 0.883. The van der Waals surface area contributed by atoms with Crippen LogP contribution in [0, 0.1) is 0 Å². The summed E-state index contributed by atoms with van der Waals surface area (Å²) in [7, 11) is 0. The number of hydrogen-bond donors (Lipinski definition) is 1. The van der Waals surface area contributed by atoms with Gasteiger partial charge in [-0.25, -0.2) is 9.97 Å². The predicted molar refractivity (Wildman–Crippen MR) is 81.1 cm³/mol. The van der Waals surface area contributed by atoms with Gasteiger partial charge in [-0.05, 0) is 12.1 Å². The molecule has 2 heterocycles. The maximum absolute atomic E-state index is 5.79. The second kappa shape index (κ2) is 7.22. The van der Waals surface area contributed by atoms with Crippen LogP contribution in [-0.2, 0) is 13.2 Å². The van der Waals surface area contributed by atoms with E-state index in [1.54, 1.807) is 12.5 Å². The molecule has 2 aromatic rings. The Morgan fingerprint density at radius 3 is 2.71 bits per heavy atom. The fourth-order valence-corrected chi connectivity index (χ4v) is 1.79. The molecule has 0 spiro atoms. The third kappa shape index (κ3) is 4.56. The van der Waals surface area contributed by atoms with Gasteiger partial charge in [-0.3, -0.25) is 0 Å². The van der Waals surface area contributed by atoms with Gasteiger partial charge >= 0.3 is 0 Å². The van der Waals surface area contributed by atoms with E-state index in [9.17, 15) is 0 Å². The van der Waals surface area contributed by atoms with Gasteiger partial charge in [-0.15, -0.1) is 0 Å². The second-order valence-electron chi connectivity index (χ2n) is 5.60. The Balaban J connectivity index is 2.13. The van der Waals surface area contributed by atoms with Crippen LogP contribution in [0.4, 0.5) is 0 Å². The van der Waals surface area contributed by atoms with Gasteiger partial charge in [0.2, 0.25) is 0 Å². The van der Waals surface area contributed by atoms with Gasteiger partial charge in [0.25, 0.3) is 0 Å². The molecule has 114 valence electrons. The monoisotopic (exact) mass is 289 g/mol. The van der Waals surface area contributed by atoms with E-state index in [1.807, 2.05) is 12.1 Å². The SMILES string of the molecule is CC(C)NCc1nc(C(C)C)ncc1OCc1ccco1. The highest BCUT2D eigenvalue weighted by atomic mass is 16.5. The van der Waals surface area contributed by atoms with E-state index in [0.717, 1.165) is 17.3 Å². The van der Waals surface area contributed by atoms with Crippen molar-refractivity contribution in [2.75, 3.05) is 0 Å². The van der Waals surface area contributed by atoms with Crippen molar-refractivity contribution in [3.63, 3.8) is 0 Å². The van der Waals surface area contributed by atoms with Crippen molar-refractivity contribution in [2.24, 2.45) is 0 Å². The van der Waals surface area contributed by atoms with Crippen molar-refractivity contribution in [3.05, 3.63) is 41.9 Å². The quantitative estimate of drug-likeness (QED) is 0.847. The van der Waals surface area contributed by atoms with Gasteiger partial charge in [-0.2, -0.15) is 0 Å². The zero-order valence-electron chi connectivity index (χ0n) is 13.1. The Kier molecular flexibility index (Phi) is 5.33. The van der Waals surface area contributed by atoms with E-state index in [0.29, 0.717) is 30.9 Å². The average Bonchev–Trinajstić information content (AvgIpc) is 2.96. The molecular formula is C16H23N3O2. The number of nitrogens with one attached hydrogen (secondary N) is 1. The second-order valence-corrected chi connectivity index (χ2v) is 5.60. The molecule has 1 N–H and O–H groups in total. The van der Waals surface area contributed by atoms with Crippen molar-refractivity contribution >= 4 is 0 Å². The molecule has 21 heavy (non-hydrogen) atoms. The van der Waals surface area contributed by atoms with Crippen LogP contribution in [0.1, 0.15) is 50.9 Å². The van der Waals surface area contributed by atoms with Crippen LogP contribution in [0.2, 0.25) is 0 Å². The zero-order valence-corrected chi connectivity index (χ0v) is 13.1. The zero-order chi connectivity index (χ0) is 15.2. The first-order chi connectivity index (χ1) is 10.1. The third-order valence-corrected chi connectivity index (χ3v) is 2.99. The fraction of sp³-hybridized carbons (Fsp3) is 0.500. The van der Waals surface area contributed by atoms with Crippen molar-refractivity contribution < 1.29 is 9.15 Å². The Hall–Kier alpha value is -1.88. The molecule has 2 rings (SSSR count). The Morgan fingerprint density at radius 2 is 2.10 bits per heavy atom. The fourth-order valence-electron chi connectivity index (χ4n) is 1.79. The lowest BCUT2D eigenvalue weighted by molar-refractivity contribution is 0.264. The van der Waals surface area contributed by atoms with Gasteiger partial charge in [0, 0.05) is 18.5 Å². The summed E-state index contributed by atoms with van der Waals surface area (Å²) in [5.74, 6) is 2.61. The molecular weight excluding hydrogens is 266 g/mol. The van der Waals surface area contributed by atoms with Gasteiger partial charge in [0.05, 0.1) is 18.2 Å². The van der Waals surface area contributed by atoms with Crippen molar-refractivity contribution in [3.8, 4) is 5.75 Å². The molecule has 0 amide bonds. The molecule has 0 radical (unpaired) electrons. The number of hydrogen-bond acceptors (Lipinski definition) is 5. The highest BCUT2D eigenvalue weighted by Gasteiger charge is 2.12. The summed E-state index contributed by atoms with van der Waals surface area (Å²) in [6, 6.07) is 4.12. The first-order valence-corrected chi connectivity index (χ1v) is 7.30. The van der Waals surface area contributed by atoms with Crippen LogP contribution in [0.5, 0.6) is 5.75 Å². The molecule has 0 aromatic carbocycles. The summed E-state index contributed by atoms with van der Waals surface area (Å²) < 4.78 is 11.1. The topological polar surface area (TPSA) is 60.2 Å². The van der Waals surface area contributed by atoms with Crippen molar-refractivity contribution in [2.45, 2.75) is 52.8 Å². The Bertz CT molecular complexity index is 551. The number of ether oxygens (including phenoxy) is 1. The van der Waals surface area contributed by atoms with Crippen LogP contribution in [-0.4, -0.2) is 16.0 Å². The first kappa shape index (κ1) is 15.5. The summed E-state index contributed by atoms with van der Waals surface area (Å²) in [6.07, 6.45) is 3.39. The molecule has 0 aliphatic carbocycles. The van der Waals surface area contributed by atoms with Gasteiger partial charge in [0.1, 0.15) is 18.2 Å². The van der Waals surface area contributed by atoms with E-state index in [1.165, 1.54) is 0 Å². The minimum atomic E-state index is 0.293. The molecule has 0 bridgehead atoms. The first-order valence-electron chi connectivity index (χ1n) is 7.30. The normalized spacial score (nSPS) is 11.3. The van der Waals surface area contributed by atoms with Crippen LogP contribution in [0.15, 0.2) is 29.0 Å². The molecule has 0 saturated carbocycles. The molecule has 0 fully saturated rings. The van der Waals surface area contributed by atoms with Gasteiger partial charge < -0.3 is 14.5 Å². The minimum absolute atomic E-state index is 0.293. The molecule has 5 nitrogen and oxygen atoms in total. The van der Waals surface area contributed by atoms with Crippen LogP contribution in [0.25, 0.3) is 0 Å². The highest BCUT2D eigenvalue weighted by Crippen LogP contribution is 2.20. The van der Waals surface area contributed by atoms with Crippen molar-refractivity contribution in [1.29, 1.82) is 0 Å². The maximum atomic E-state index is 5.79. The van der Waals surface area contributed by atoms with Crippen LogP contribution < -0.4 is 10.1 Å². The third-order valence-electron chi connectivity index (χ3n) is 2.99. The average molecular weight is 289 g/mol. The lowest BCUT2D eigenvalue weighted by Crippen LogP contribution is -2.23. The summed E-state index contributed by atoms with van der Waals surface area (Å²) in [6.45, 7) is 9.41. The summed E-state index contributed by atoms with van der Waals surface area (Å²) >= 11 is 0. The summed E-state index contributed by atoms with van der Waals surface area (Å²) in [4.78, 5) is 8.99. The Labute approximate surface area is 125 Å². The highest BCUT2D eigenvalue weighted by molar-refractivity contribution is 5.25. The molecule has 2 aromatic heterocycles. The molecule has 0 aliphatic rings. The van der Waals surface area contributed by atoms with Crippen LogP contribution in [0.3, 0.4) is 0 Å².